The van der Waals surface area contributed by atoms with E-state index in [0.29, 0.717) is 33.0 Å². The summed E-state index contributed by atoms with van der Waals surface area (Å²) in [6, 6.07) is 18.0. The smallest absolute Gasteiger partial charge is 0.192 e. The highest BCUT2D eigenvalue weighted by atomic mass is 35.5. The number of sulfone groups is 1. The van der Waals surface area contributed by atoms with Gasteiger partial charge < -0.3 is 8.98 Å². The number of benzene rings is 3. The fourth-order valence-electron chi connectivity index (χ4n) is 4.37. The highest BCUT2D eigenvalue weighted by molar-refractivity contribution is 7.90. The van der Waals surface area contributed by atoms with Gasteiger partial charge in [-0.3, -0.25) is 0 Å². The summed E-state index contributed by atoms with van der Waals surface area (Å²) in [4.78, 5) is 9.57. The molecule has 0 fully saturated rings. The normalized spacial score (nSPS) is 11.7. The SMILES string of the molecule is Cc1cn(-c2ccc(-c3cccc(S(C)(=O)=O)c3)cc2-c2nc(C)oc2-c2cc(Cl)cc(Cl)c2)c(C)n1. The minimum absolute atomic E-state index is 0.253. The molecule has 188 valence electrons. The van der Waals surface area contributed by atoms with E-state index in [9.17, 15) is 8.42 Å². The molecule has 6 nitrogen and oxygen atoms in total. The third kappa shape index (κ3) is 5.07. The molecule has 0 bridgehead atoms. The summed E-state index contributed by atoms with van der Waals surface area (Å²) in [5.74, 6) is 1.83. The van der Waals surface area contributed by atoms with Crippen molar-refractivity contribution in [1.82, 2.24) is 14.5 Å². The van der Waals surface area contributed by atoms with Crippen molar-refractivity contribution in [2.75, 3.05) is 6.26 Å². The van der Waals surface area contributed by atoms with E-state index in [1.54, 1.807) is 43.3 Å². The largest absolute Gasteiger partial charge is 0.440 e. The van der Waals surface area contributed by atoms with Crippen molar-refractivity contribution in [3.8, 4) is 39.4 Å². The van der Waals surface area contributed by atoms with Crippen LogP contribution in [-0.4, -0.2) is 29.2 Å². The summed E-state index contributed by atoms with van der Waals surface area (Å²) < 4.78 is 32.4. The van der Waals surface area contributed by atoms with E-state index in [1.807, 2.05) is 48.9 Å². The van der Waals surface area contributed by atoms with Crippen molar-refractivity contribution in [3.63, 3.8) is 0 Å². The summed E-state index contributed by atoms with van der Waals surface area (Å²) in [5.41, 5.74) is 5.41. The molecule has 0 aliphatic heterocycles. The first kappa shape index (κ1) is 25.3. The van der Waals surface area contributed by atoms with E-state index in [1.165, 1.54) is 6.26 Å². The van der Waals surface area contributed by atoms with Gasteiger partial charge in [-0.15, -0.1) is 0 Å². The third-order valence-corrected chi connectivity index (χ3v) is 7.51. The molecule has 3 aromatic carbocycles. The third-order valence-electron chi connectivity index (χ3n) is 5.97. The second-order valence-corrected chi connectivity index (χ2v) is 11.8. The molecule has 0 N–H and O–H groups in total. The summed E-state index contributed by atoms with van der Waals surface area (Å²) in [5, 5.41) is 0.963. The Hall–Kier alpha value is -3.39. The summed E-state index contributed by atoms with van der Waals surface area (Å²) in [7, 11) is -3.36. The standard InChI is InChI=1S/C28H23Cl2N3O3S/c1-16-15-33(17(2)31-16)26-9-8-20(19-6-5-7-24(12-19)37(4,34)35)13-25(26)27-28(36-18(3)32-27)21-10-22(29)14-23(30)11-21/h5-15H,1-4H3. The Morgan fingerprint density at radius 3 is 2.19 bits per heavy atom. The Morgan fingerprint density at radius 2 is 1.54 bits per heavy atom. The second-order valence-electron chi connectivity index (χ2n) is 8.90. The van der Waals surface area contributed by atoms with Crippen LogP contribution in [0.4, 0.5) is 0 Å². The fraction of sp³-hybridized carbons (Fsp3) is 0.143. The predicted molar refractivity (Wildman–Crippen MR) is 147 cm³/mol. The first-order valence-electron chi connectivity index (χ1n) is 11.4. The zero-order valence-corrected chi connectivity index (χ0v) is 22.9. The molecule has 5 rings (SSSR count). The molecule has 2 heterocycles. The van der Waals surface area contributed by atoms with E-state index in [2.05, 4.69) is 4.98 Å². The topological polar surface area (TPSA) is 78.0 Å². The maximum Gasteiger partial charge on any atom is 0.192 e. The van der Waals surface area contributed by atoms with Gasteiger partial charge in [-0.1, -0.05) is 41.4 Å². The molecular weight excluding hydrogens is 529 g/mol. The number of nitrogens with zero attached hydrogens (tertiary/aromatic N) is 3. The van der Waals surface area contributed by atoms with Gasteiger partial charge in [-0.25, -0.2) is 18.4 Å². The van der Waals surface area contributed by atoms with E-state index in [-0.39, 0.29) is 4.90 Å². The minimum Gasteiger partial charge on any atom is -0.440 e. The molecule has 9 heteroatoms. The van der Waals surface area contributed by atoms with Crippen molar-refractivity contribution < 1.29 is 12.8 Å². The van der Waals surface area contributed by atoms with Gasteiger partial charge in [-0.05, 0) is 67.4 Å². The van der Waals surface area contributed by atoms with Crippen LogP contribution in [0.25, 0.3) is 39.4 Å². The Morgan fingerprint density at radius 1 is 0.838 bits per heavy atom. The lowest BCUT2D eigenvalue weighted by atomic mass is 9.98. The zero-order valence-electron chi connectivity index (χ0n) is 20.6. The van der Waals surface area contributed by atoms with E-state index in [0.717, 1.165) is 33.9 Å². The maximum absolute atomic E-state index is 12.2. The Kier molecular flexibility index (Phi) is 6.48. The zero-order chi connectivity index (χ0) is 26.5. The highest BCUT2D eigenvalue weighted by Gasteiger charge is 2.22. The summed E-state index contributed by atoms with van der Waals surface area (Å²) in [6.45, 7) is 5.66. The lowest BCUT2D eigenvalue weighted by Gasteiger charge is -2.14. The quantitative estimate of drug-likeness (QED) is 0.226. The van der Waals surface area contributed by atoms with Gasteiger partial charge in [0.1, 0.15) is 11.5 Å². The number of aryl methyl sites for hydroxylation is 3. The lowest BCUT2D eigenvalue weighted by Crippen LogP contribution is -2.00. The first-order valence-corrected chi connectivity index (χ1v) is 14.1. The molecule has 0 saturated heterocycles. The number of halogens is 2. The number of aromatic nitrogens is 3. The molecule has 0 aliphatic rings. The van der Waals surface area contributed by atoms with Gasteiger partial charge >= 0.3 is 0 Å². The van der Waals surface area contributed by atoms with Crippen LogP contribution in [-0.2, 0) is 9.84 Å². The number of hydrogen-bond donors (Lipinski definition) is 0. The van der Waals surface area contributed by atoms with Crippen molar-refractivity contribution in [3.05, 3.63) is 94.3 Å². The lowest BCUT2D eigenvalue weighted by molar-refractivity contribution is 0.534. The average molecular weight is 552 g/mol. The van der Waals surface area contributed by atoms with Crippen LogP contribution in [0.5, 0.6) is 0 Å². The fourth-order valence-corrected chi connectivity index (χ4v) is 5.57. The van der Waals surface area contributed by atoms with Gasteiger partial charge in [0.25, 0.3) is 0 Å². The molecule has 0 aliphatic carbocycles. The molecule has 0 atom stereocenters. The van der Waals surface area contributed by atoms with Gasteiger partial charge in [0.2, 0.25) is 0 Å². The maximum atomic E-state index is 12.2. The molecule has 5 aromatic rings. The van der Waals surface area contributed by atoms with E-state index < -0.39 is 9.84 Å². The predicted octanol–water partition coefficient (Wildman–Crippen LogP) is 7.50. The number of imidazole rings is 1. The van der Waals surface area contributed by atoms with Crippen LogP contribution in [0.15, 0.2) is 76.2 Å². The van der Waals surface area contributed by atoms with Crippen LogP contribution in [0.1, 0.15) is 17.4 Å². The Balaban J connectivity index is 1.78. The van der Waals surface area contributed by atoms with Crippen LogP contribution < -0.4 is 0 Å². The van der Waals surface area contributed by atoms with E-state index >= 15 is 0 Å². The van der Waals surface area contributed by atoms with Gasteiger partial charge in [0.05, 0.1) is 16.3 Å². The molecule has 0 spiro atoms. The minimum atomic E-state index is -3.36. The molecule has 0 unspecified atom stereocenters. The first-order chi connectivity index (χ1) is 17.5. The number of oxazole rings is 1. The van der Waals surface area contributed by atoms with Crippen molar-refractivity contribution >= 4 is 33.0 Å². The van der Waals surface area contributed by atoms with Gasteiger partial charge in [0, 0.05) is 40.5 Å². The summed E-state index contributed by atoms with van der Waals surface area (Å²) in [6.07, 6.45) is 3.16. The van der Waals surface area contributed by atoms with Crippen LogP contribution in [0.2, 0.25) is 10.0 Å². The van der Waals surface area contributed by atoms with Crippen LogP contribution in [0.3, 0.4) is 0 Å². The van der Waals surface area contributed by atoms with Crippen molar-refractivity contribution in [1.29, 1.82) is 0 Å². The summed E-state index contributed by atoms with van der Waals surface area (Å²) >= 11 is 12.6. The molecule has 37 heavy (non-hydrogen) atoms. The van der Waals surface area contributed by atoms with Crippen molar-refractivity contribution in [2.24, 2.45) is 0 Å². The molecule has 2 aromatic heterocycles. The van der Waals surface area contributed by atoms with Crippen LogP contribution >= 0.6 is 23.2 Å². The Labute approximate surface area is 225 Å². The number of hydrogen-bond acceptors (Lipinski definition) is 5. The van der Waals surface area contributed by atoms with E-state index in [4.69, 9.17) is 32.6 Å². The molecular formula is C28H23Cl2N3O3S. The van der Waals surface area contributed by atoms with Gasteiger partial charge in [-0.2, -0.15) is 0 Å². The monoisotopic (exact) mass is 551 g/mol. The number of rotatable bonds is 5. The average Bonchev–Trinajstić information content (AvgIpc) is 3.38. The molecule has 0 amide bonds. The van der Waals surface area contributed by atoms with Crippen molar-refractivity contribution in [2.45, 2.75) is 25.7 Å². The van der Waals surface area contributed by atoms with Crippen LogP contribution in [0, 0.1) is 20.8 Å². The molecule has 0 radical (unpaired) electrons. The Bertz CT molecular complexity index is 1750. The highest BCUT2D eigenvalue weighted by Crippen LogP contribution is 2.40. The van der Waals surface area contributed by atoms with Gasteiger partial charge in [0.15, 0.2) is 21.5 Å². The molecule has 0 saturated carbocycles. The second kappa shape index (κ2) is 9.49.